The van der Waals surface area contributed by atoms with E-state index in [1.807, 2.05) is 12.1 Å². The summed E-state index contributed by atoms with van der Waals surface area (Å²) in [5, 5.41) is 5.84. The van der Waals surface area contributed by atoms with Gasteiger partial charge in [-0.2, -0.15) is 0 Å². The molecule has 1 aromatic rings. The van der Waals surface area contributed by atoms with Gasteiger partial charge in [0, 0.05) is 18.7 Å². The SMILES string of the molecule is CC(C)(C)c1ccc(C(=O)N[C@@H](NC[C@H]2CCCO2)C(Cl)(Cl)Cl)cc1. The molecule has 2 rings (SSSR count). The highest BCUT2D eigenvalue weighted by Crippen LogP contribution is 2.29. The van der Waals surface area contributed by atoms with E-state index in [2.05, 4.69) is 31.4 Å². The maximum Gasteiger partial charge on any atom is 0.252 e. The lowest BCUT2D eigenvalue weighted by atomic mass is 9.87. The molecule has 1 saturated heterocycles. The molecule has 140 valence electrons. The van der Waals surface area contributed by atoms with Gasteiger partial charge in [-0.15, -0.1) is 0 Å². The Morgan fingerprint density at radius 2 is 1.88 bits per heavy atom. The van der Waals surface area contributed by atoms with E-state index in [0.29, 0.717) is 12.1 Å². The van der Waals surface area contributed by atoms with Crippen LogP contribution in [0.5, 0.6) is 0 Å². The zero-order chi connectivity index (χ0) is 18.7. The third-order valence-corrected chi connectivity index (χ3v) is 4.84. The number of amides is 1. The van der Waals surface area contributed by atoms with Crippen LogP contribution < -0.4 is 10.6 Å². The first-order valence-electron chi connectivity index (χ1n) is 8.40. The number of rotatable bonds is 5. The molecule has 1 aliphatic heterocycles. The van der Waals surface area contributed by atoms with E-state index in [1.54, 1.807) is 12.1 Å². The smallest absolute Gasteiger partial charge is 0.252 e. The first kappa shape index (κ1) is 20.8. The minimum Gasteiger partial charge on any atom is -0.377 e. The van der Waals surface area contributed by atoms with Crippen molar-refractivity contribution in [2.24, 2.45) is 0 Å². The van der Waals surface area contributed by atoms with Crippen molar-refractivity contribution in [1.82, 2.24) is 10.6 Å². The molecular weight excluding hydrogens is 383 g/mol. The summed E-state index contributed by atoms with van der Waals surface area (Å²) in [4.78, 5) is 12.5. The summed E-state index contributed by atoms with van der Waals surface area (Å²) >= 11 is 18.0. The number of nitrogens with one attached hydrogen (secondary N) is 2. The molecule has 0 unspecified atom stereocenters. The van der Waals surface area contributed by atoms with Crippen molar-refractivity contribution < 1.29 is 9.53 Å². The van der Waals surface area contributed by atoms with Crippen LogP contribution in [-0.2, 0) is 10.2 Å². The molecule has 0 saturated carbocycles. The summed E-state index contributed by atoms with van der Waals surface area (Å²) in [7, 11) is 0. The number of carbonyl (C=O) groups is 1. The van der Waals surface area contributed by atoms with E-state index in [1.165, 1.54) is 0 Å². The Bertz CT molecular complexity index is 573. The molecule has 4 nitrogen and oxygen atoms in total. The van der Waals surface area contributed by atoms with Crippen LogP contribution in [0.25, 0.3) is 0 Å². The second-order valence-electron chi connectivity index (χ2n) is 7.32. The predicted octanol–water partition coefficient (Wildman–Crippen LogP) is 4.18. The molecule has 1 fully saturated rings. The van der Waals surface area contributed by atoms with Crippen LogP contribution in [-0.4, -0.2) is 35.1 Å². The Kier molecular flexibility index (Phi) is 7.02. The number of hydrogen-bond acceptors (Lipinski definition) is 3. The normalized spacial score (nSPS) is 19.7. The fourth-order valence-corrected chi connectivity index (χ4v) is 3.03. The van der Waals surface area contributed by atoms with Crippen LogP contribution in [0.4, 0.5) is 0 Å². The quantitative estimate of drug-likeness (QED) is 0.569. The lowest BCUT2D eigenvalue weighted by molar-refractivity contribution is 0.0897. The molecule has 0 aliphatic carbocycles. The predicted molar refractivity (Wildman–Crippen MR) is 104 cm³/mol. The molecule has 1 amide bonds. The molecule has 1 heterocycles. The Morgan fingerprint density at radius 3 is 2.36 bits per heavy atom. The number of halogens is 3. The van der Waals surface area contributed by atoms with E-state index < -0.39 is 9.96 Å². The molecule has 0 spiro atoms. The number of carbonyl (C=O) groups excluding carboxylic acids is 1. The van der Waals surface area contributed by atoms with Crippen LogP contribution in [0, 0.1) is 0 Å². The Balaban J connectivity index is 2.00. The number of alkyl halides is 3. The largest absolute Gasteiger partial charge is 0.377 e. The average molecular weight is 408 g/mol. The summed E-state index contributed by atoms with van der Waals surface area (Å²) < 4.78 is 3.88. The minimum atomic E-state index is -1.67. The van der Waals surface area contributed by atoms with Gasteiger partial charge in [0.05, 0.1) is 6.10 Å². The molecule has 0 bridgehead atoms. The number of ether oxygens (including phenoxy) is 1. The number of benzene rings is 1. The zero-order valence-electron chi connectivity index (χ0n) is 14.7. The third-order valence-electron chi connectivity index (χ3n) is 4.19. The summed E-state index contributed by atoms with van der Waals surface area (Å²) in [5.41, 5.74) is 1.70. The molecule has 7 heteroatoms. The molecular formula is C18H25Cl3N2O2. The van der Waals surface area contributed by atoms with Gasteiger partial charge in [0.15, 0.2) is 0 Å². The van der Waals surface area contributed by atoms with E-state index in [9.17, 15) is 4.79 Å². The zero-order valence-corrected chi connectivity index (χ0v) is 17.0. The molecule has 1 aromatic carbocycles. The van der Waals surface area contributed by atoms with Crippen LogP contribution in [0.15, 0.2) is 24.3 Å². The highest BCUT2D eigenvalue weighted by molar-refractivity contribution is 6.68. The van der Waals surface area contributed by atoms with Gasteiger partial charge in [-0.3, -0.25) is 10.1 Å². The van der Waals surface area contributed by atoms with Crippen molar-refractivity contribution in [2.45, 2.75) is 55.1 Å². The van der Waals surface area contributed by atoms with Gasteiger partial charge >= 0.3 is 0 Å². The molecule has 25 heavy (non-hydrogen) atoms. The van der Waals surface area contributed by atoms with Crippen LogP contribution in [0.2, 0.25) is 0 Å². The Hall–Kier alpha value is -0.520. The Labute approximate surface area is 164 Å². The molecule has 0 radical (unpaired) electrons. The Morgan fingerprint density at radius 1 is 1.24 bits per heavy atom. The third kappa shape index (κ3) is 6.30. The minimum absolute atomic E-state index is 0.0257. The standard InChI is InChI=1S/C18H25Cl3N2O2/c1-17(2,3)13-8-6-12(7-9-13)15(24)23-16(18(19,20)21)22-11-14-5-4-10-25-14/h6-9,14,16,22H,4-5,10-11H2,1-3H3,(H,23,24)/t14-,16-/m1/s1. The van der Waals surface area contributed by atoms with Gasteiger partial charge < -0.3 is 10.1 Å². The molecule has 1 aliphatic rings. The van der Waals surface area contributed by atoms with E-state index in [0.717, 1.165) is 25.0 Å². The van der Waals surface area contributed by atoms with Crippen molar-refractivity contribution in [3.8, 4) is 0 Å². The van der Waals surface area contributed by atoms with Crippen molar-refractivity contribution in [3.63, 3.8) is 0 Å². The first-order chi connectivity index (χ1) is 11.6. The molecule has 2 N–H and O–H groups in total. The monoisotopic (exact) mass is 406 g/mol. The lowest BCUT2D eigenvalue weighted by Crippen LogP contribution is -2.54. The summed E-state index contributed by atoms with van der Waals surface area (Å²) in [6.07, 6.45) is 1.26. The highest BCUT2D eigenvalue weighted by atomic mass is 35.6. The van der Waals surface area contributed by atoms with Crippen LogP contribution in [0.3, 0.4) is 0 Å². The van der Waals surface area contributed by atoms with Crippen molar-refractivity contribution in [3.05, 3.63) is 35.4 Å². The van der Waals surface area contributed by atoms with E-state index in [-0.39, 0.29) is 17.4 Å². The first-order valence-corrected chi connectivity index (χ1v) is 9.54. The highest BCUT2D eigenvalue weighted by Gasteiger charge is 2.34. The lowest BCUT2D eigenvalue weighted by Gasteiger charge is -2.28. The maximum atomic E-state index is 12.5. The van der Waals surface area contributed by atoms with Gasteiger partial charge in [0.25, 0.3) is 5.91 Å². The van der Waals surface area contributed by atoms with Gasteiger partial charge in [0.1, 0.15) is 6.17 Å². The summed E-state index contributed by atoms with van der Waals surface area (Å²) in [6.45, 7) is 7.63. The van der Waals surface area contributed by atoms with Crippen molar-refractivity contribution in [2.75, 3.05) is 13.2 Å². The summed E-state index contributed by atoms with van der Waals surface area (Å²) in [5.74, 6) is -0.295. The molecule has 0 aromatic heterocycles. The van der Waals surface area contributed by atoms with Crippen molar-refractivity contribution >= 4 is 40.7 Å². The topological polar surface area (TPSA) is 50.4 Å². The summed E-state index contributed by atoms with van der Waals surface area (Å²) in [6, 6.07) is 7.45. The fraction of sp³-hybridized carbons (Fsp3) is 0.611. The fourth-order valence-electron chi connectivity index (χ4n) is 2.64. The van der Waals surface area contributed by atoms with Gasteiger partial charge in [0.2, 0.25) is 3.79 Å². The van der Waals surface area contributed by atoms with Gasteiger partial charge in [-0.25, -0.2) is 0 Å². The van der Waals surface area contributed by atoms with Crippen LogP contribution in [0.1, 0.15) is 49.5 Å². The molecule has 2 atom stereocenters. The average Bonchev–Trinajstić information content (AvgIpc) is 3.02. The van der Waals surface area contributed by atoms with E-state index >= 15 is 0 Å². The van der Waals surface area contributed by atoms with Crippen molar-refractivity contribution in [1.29, 1.82) is 0 Å². The second kappa shape index (κ2) is 8.45. The van der Waals surface area contributed by atoms with Gasteiger partial charge in [-0.1, -0.05) is 67.7 Å². The van der Waals surface area contributed by atoms with Crippen LogP contribution >= 0.6 is 34.8 Å². The number of hydrogen-bond donors (Lipinski definition) is 2. The maximum absolute atomic E-state index is 12.5. The van der Waals surface area contributed by atoms with E-state index in [4.69, 9.17) is 39.5 Å². The second-order valence-corrected chi connectivity index (χ2v) is 9.69. The van der Waals surface area contributed by atoms with Gasteiger partial charge in [-0.05, 0) is 36.0 Å².